The molecule has 0 fully saturated rings. The summed E-state index contributed by atoms with van der Waals surface area (Å²) < 4.78 is 0. The summed E-state index contributed by atoms with van der Waals surface area (Å²) in [5.41, 5.74) is 4.63. The van der Waals surface area contributed by atoms with Gasteiger partial charge in [0.1, 0.15) is 0 Å². The predicted molar refractivity (Wildman–Crippen MR) is 94.9 cm³/mol. The van der Waals surface area contributed by atoms with Gasteiger partial charge in [0.05, 0.1) is 21.2 Å². The SMILES string of the molecule is CC1=CC(C)(C)Nc2c(Cl)cc(-c3cccc([N+](=O)[O-])c3)cc21. The van der Waals surface area contributed by atoms with E-state index in [1.165, 1.54) is 6.07 Å². The minimum absolute atomic E-state index is 0.0721. The maximum atomic E-state index is 11.0. The van der Waals surface area contributed by atoms with Crippen molar-refractivity contribution in [3.05, 3.63) is 63.2 Å². The average molecular weight is 329 g/mol. The maximum absolute atomic E-state index is 11.0. The number of anilines is 1. The molecule has 1 aliphatic heterocycles. The van der Waals surface area contributed by atoms with Crippen molar-refractivity contribution < 1.29 is 4.92 Å². The standard InChI is InChI=1S/C18H17ClN2O2/c1-11-10-18(2,3)20-17-15(11)8-13(9-16(17)19)12-5-4-6-14(7-12)21(22)23/h4-10,20H,1-3H3. The number of fused-ring (bicyclic) bond motifs is 1. The van der Waals surface area contributed by atoms with E-state index in [9.17, 15) is 10.1 Å². The molecule has 1 aliphatic rings. The first-order valence-electron chi connectivity index (χ1n) is 7.33. The number of nitrogens with zero attached hydrogens (tertiary/aromatic N) is 1. The maximum Gasteiger partial charge on any atom is 0.270 e. The van der Waals surface area contributed by atoms with Crippen LogP contribution in [0, 0.1) is 10.1 Å². The summed E-state index contributed by atoms with van der Waals surface area (Å²) in [5.74, 6) is 0. The van der Waals surface area contributed by atoms with Gasteiger partial charge in [0, 0.05) is 17.7 Å². The number of non-ortho nitro benzene ring substituents is 1. The molecule has 3 rings (SSSR count). The Bertz CT molecular complexity index is 841. The van der Waals surface area contributed by atoms with Crippen molar-refractivity contribution in [1.82, 2.24) is 0 Å². The zero-order valence-electron chi connectivity index (χ0n) is 13.2. The number of rotatable bonds is 2. The van der Waals surface area contributed by atoms with Crippen LogP contribution in [0.15, 0.2) is 42.5 Å². The number of nitrogens with one attached hydrogen (secondary N) is 1. The number of nitro benzene ring substituents is 1. The normalized spacial score (nSPS) is 15.4. The van der Waals surface area contributed by atoms with E-state index in [0.29, 0.717) is 5.02 Å². The monoisotopic (exact) mass is 328 g/mol. The molecule has 2 aromatic rings. The van der Waals surface area contributed by atoms with Crippen LogP contribution in [0.25, 0.3) is 16.7 Å². The Kier molecular flexibility index (Phi) is 3.65. The second kappa shape index (κ2) is 5.39. The Labute approximate surface area is 139 Å². The summed E-state index contributed by atoms with van der Waals surface area (Å²) in [7, 11) is 0. The van der Waals surface area contributed by atoms with Crippen LogP contribution in [0.1, 0.15) is 26.3 Å². The Morgan fingerprint density at radius 2 is 1.91 bits per heavy atom. The van der Waals surface area contributed by atoms with Crippen LogP contribution in [-0.4, -0.2) is 10.5 Å². The third-order valence-corrected chi connectivity index (χ3v) is 4.23. The molecule has 2 aromatic carbocycles. The molecular formula is C18H17ClN2O2. The van der Waals surface area contributed by atoms with Crippen LogP contribution in [-0.2, 0) is 0 Å². The second-order valence-corrected chi connectivity index (χ2v) is 6.77. The fourth-order valence-corrected chi connectivity index (χ4v) is 3.25. The molecule has 0 saturated heterocycles. The highest BCUT2D eigenvalue weighted by Crippen LogP contribution is 2.41. The highest BCUT2D eigenvalue weighted by atomic mass is 35.5. The average Bonchev–Trinajstić information content (AvgIpc) is 2.47. The van der Waals surface area contributed by atoms with Crippen LogP contribution in [0.5, 0.6) is 0 Å². The van der Waals surface area contributed by atoms with E-state index >= 15 is 0 Å². The highest BCUT2D eigenvalue weighted by molar-refractivity contribution is 6.34. The summed E-state index contributed by atoms with van der Waals surface area (Å²) in [5, 5.41) is 15.0. The van der Waals surface area contributed by atoms with Gasteiger partial charge in [0.25, 0.3) is 5.69 Å². The second-order valence-electron chi connectivity index (χ2n) is 6.36. The van der Waals surface area contributed by atoms with E-state index in [4.69, 9.17) is 11.6 Å². The Hall–Kier alpha value is -2.33. The van der Waals surface area contributed by atoms with Crippen molar-refractivity contribution in [2.45, 2.75) is 26.3 Å². The van der Waals surface area contributed by atoms with E-state index < -0.39 is 4.92 Å². The van der Waals surface area contributed by atoms with E-state index in [0.717, 1.165) is 28.0 Å². The highest BCUT2D eigenvalue weighted by Gasteiger charge is 2.25. The summed E-state index contributed by atoms with van der Waals surface area (Å²) in [6.07, 6.45) is 2.16. The van der Waals surface area contributed by atoms with Gasteiger partial charge in [-0.05, 0) is 49.6 Å². The smallest absolute Gasteiger partial charge is 0.270 e. The first-order chi connectivity index (χ1) is 10.8. The molecule has 1 N–H and O–H groups in total. The molecule has 0 spiro atoms. The number of allylic oxidation sites excluding steroid dienone is 1. The summed E-state index contributed by atoms with van der Waals surface area (Å²) in [4.78, 5) is 10.6. The van der Waals surface area contributed by atoms with Gasteiger partial charge in [0.15, 0.2) is 0 Å². The van der Waals surface area contributed by atoms with E-state index in [1.807, 2.05) is 18.2 Å². The fraction of sp³-hybridized carbons (Fsp3) is 0.222. The third kappa shape index (κ3) is 2.94. The minimum atomic E-state index is -0.390. The molecule has 23 heavy (non-hydrogen) atoms. The number of halogens is 1. The quantitative estimate of drug-likeness (QED) is 0.583. The molecule has 0 radical (unpaired) electrons. The summed E-state index contributed by atoms with van der Waals surface area (Å²) in [6.45, 7) is 6.23. The summed E-state index contributed by atoms with van der Waals surface area (Å²) in [6, 6.07) is 10.5. The Balaban J connectivity index is 2.14. The van der Waals surface area contributed by atoms with Crippen molar-refractivity contribution in [2.24, 2.45) is 0 Å². The molecular weight excluding hydrogens is 312 g/mol. The van der Waals surface area contributed by atoms with Gasteiger partial charge in [-0.15, -0.1) is 0 Å². The molecule has 0 unspecified atom stereocenters. The molecule has 0 saturated carbocycles. The summed E-state index contributed by atoms with van der Waals surface area (Å²) >= 11 is 6.47. The molecule has 118 valence electrons. The van der Waals surface area contributed by atoms with Crippen molar-refractivity contribution in [1.29, 1.82) is 0 Å². The lowest BCUT2D eigenvalue weighted by Gasteiger charge is -2.32. The van der Waals surface area contributed by atoms with Crippen LogP contribution in [0.4, 0.5) is 11.4 Å². The van der Waals surface area contributed by atoms with Gasteiger partial charge in [0.2, 0.25) is 0 Å². The molecule has 0 atom stereocenters. The molecule has 5 heteroatoms. The van der Waals surface area contributed by atoms with Crippen LogP contribution in [0.3, 0.4) is 0 Å². The molecule has 1 heterocycles. The lowest BCUT2D eigenvalue weighted by molar-refractivity contribution is -0.384. The molecule has 0 bridgehead atoms. The fourth-order valence-electron chi connectivity index (χ4n) is 2.99. The van der Waals surface area contributed by atoms with E-state index in [1.54, 1.807) is 12.1 Å². The Morgan fingerprint density at radius 3 is 2.61 bits per heavy atom. The first kappa shape index (κ1) is 15.6. The van der Waals surface area contributed by atoms with Gasteiger partial charge in [-0.1, -0.05) is 29.8 Å². The van der Waals surface area contributed by atoms with Crippen LogP contribution in [0.2, 0.25) is 5.02 Å². The lowest BCUT2D eigenvalue weighted by Crippen LogP contribution is -2.31. The number of nitro groups is 1. The van der Waals surface area contributed by atoms with Gasteiger partial charge in [-0.3, -0.25) is 10.1 Å². The molecule has 4 nitrogen and oxygen atoms in total. The molecule has 0 aromatic heterocycles. The van der Waals surface area contributed by atoms with Crippen molar-refractivity contribution in [2.75, 3.05) is 5.32 Å². The minimum Gasteiger partial charge on any atom is -0.375 e. The van der Waals surface area contributed by atoms with Crippen LogP contribution < -0.4 is 5.32 Å². The predicted octanol–water partition coefficient (Wildman–Crippen LogP) is 5.52. The zero-order valence-corrected chi connectivity index (χ0v) is 13.9. The van der Waals surface area contributed by atoms with Crippen molar-refractivity contribution in [3.8, 4) is 11.1 Å². The van der Waals surface area contributed by atoms with E-state index in [-0.39, 0.29) is 11.2 Å². The van der Waals surface area contributed by atoms with Gasteiger partial charge in [-0.2, -0.15) is 0 Å². The van der Waals surface area contributed by atoms with Crippen molar-refractivity contribution in [3.63, 3.8) is 0 Å². The first-order valence-corrected chi connectivity index (χ1v) is 7.71. The van der Waals surface area contributed by atoms with Crippen molar-refractivity contribution >= 4 is 28.5 Å². The third-order valence-electron chi connectivity index (χ3n) is 3.93. The molecule has 0 aliphatic carbocycles. The van der Waals surface area contributed by atoms with Gasteiger partial charge in [-0.25, -0.2) is 0 Å². The molecule has 0 amide bonds. The lowest BCUT2D eigenvalue weighted by atomic mass is 9.89. The zero-order chi connectivity index (χ0) is 16.8. The van der Waals surface area contributed by atoms with Gasteiger partial charge < -0.3 is 5.32 Å². The number of hydrogen-bond donors (Lipinski definition) is 1. The number of hydrogen-bond acceptors (Lipinski definition) is 3. The van der Waals surface area contributed by atoms with Gasteiger partial charge >= 0.3 is 0 Å². The van der Waals surface area contributed by atoms with Crippen LogP contribution >= 0.6 is 11.6 Å². The topological polar surface area (TPSA) is 55.2 Å². The largest absolute Gasteiger partial charge is 0.375 e. The Morgan fingerprint density at radius 1 is 1.17 bits per heavy atom. The van der Waals surface area contributed by atoms with E-state index in [2.05, 4.69) is 32.2 Å². The number of benzene rings is 2.